The van der Waals surface area contributed by atoms with Crippen molar-refractivity contribution >= 4 is 23.3 Å². The van der Waals surface area contributed by atoms with Gasteiger partial charge in [0, 0.05) is 22.5 Å². The third kappa shape index (κ3) is 5.19. The Morgan fingerprint density at radius 2 is 1.63 bits per heavy atom. The molecule has 0 radical (unpaired) electrons. The Hall–Kier alpha value is -3.26. The van der Waals surface area contributed by atoms with Gasteiger partial charge in [0.1, 0.15) is 5.78 Å². The third-order valence-electron chi connectivity index (χ3n) is 8.26. The van der Waals surface area contributed by atoms with Crippen molar-refractivity contribution in [2.75, 3.05) is 0 Å². The van der Waals surface area contributed by atoms with E-state index in [1.165, 1.54) is 0 Å². The summed E-state index contributed by atoms with van der Waals surface area (Å²) in [6, 6.07) is 11.3. The molecule has 1 saturated carbocycles. The van der Waals surface area contributed by atoms with Crippen LogP contribution in [0.2, 0.25) is 0 Å². The number of hydrogen-bond donors (Lipinski definition) is 2. The van der Waals surface area contributed by atoms with Gasteiger partial charge in [-0.1, -0.05) is 44.2 Å². The number of halogens is 2. The summed E-state index contributed by atoms with van der Waals surface area (Å²) < 4.78 is 27.5. The maximum atomic E-state index is 13.9. The van der Waals surface area contributed by atoms with Gasteiger partial charge in [-0.25, -0.2) is 14.3 Å². The van der Waals surface area contributed by atoms with Crippen molar-refractivity contribution in [2.45, 2.75) is 58.8 Å². The van der Waals surface area contributed by atoms with Gasteiger partial charge in [-0.05, 0) is 68.6 Å². The quantitative estimate of drug-likeness (QED) is 0.242. The van der Waals surface area contributed by atoms with Crippen LogP contribution in [0.4, 0.5) is 8.78 Å². The van der Waals surface area contributed by atoms with E-state index in [1.807, 2.05) is 44.2 Å². The first-order valence-corrected chi connectivity index (χ1v) is 13.2. The Morgan fingerprint density at radius 1 is 1.03 bits per heavy atom. The van der Waals surface area contributed by atoms with Crippen LogP contribution in [-0.2, 0) is 16.0 Å². The lowest BCUT2D eigenvalue weighted by Gasteiger charge is -2.37. The minimum absolute atomic E-state index is 0.00262. The molecular formula is C30H33F2NO5. The highest BCUT2D eigenvalue weighted by Crippen LogP contribution is 2.51. The molecule has 0 bridgehead atoms. The zero-order valence-corrected chi connectivity index (χ0v) is 21.6. The Bertz CT molecular complexity index is 1200. The van der Waals surface area contributed by atoms with Crippen molar-refractivity contribution in [3.63, 3.8) is 0 Å². The second-order valence-corrected chi connectivity index (χ2v) is 11.1. The summed E-state index contributed by atoms with van der Waals surface area (Å²) in [7, 11) is 0. The van der Waals surface area contributed by atoms with Gasteiger partial charge in [0.15, 0.2) is 23.2 Å². The van der Waals surface area contributed by atoms with Crippen molar-refractivity contribution in [1.29, 1.82) is 0 Å². The Morgan fingerprint density at radius 3 is 2.18 bits per heavy atom. The number of aryl methyl sites for hydroxylation is 1. The van der Waals surface area contributed by atoms with Gasteiger partial charge < -0.3 is 0 Å². The van der Waals surface area contributed by atoms with Gasteiger partial charge in [-0.15, -0.1) is 0 Å². The molecule has 1 fully saturated rings. The first kappa shape index (κ1) is 27.8. The average molecular weight is 526 g/mol. The molecule has 0 aliphatic heterocycles. The molecule has 0 aromatic heterocycles. The van der Waals surface area contributed by atoms with Crippen molar-refractivity contribution in [3.05, 3.63) is 70.8 Å². The van der Waals surface area contributed by atoms with Crippen molar-refractivity contribution in [1.82, 2.24) is 5.48 Å². The number of rotatable bonds is 10. The number of fused-ring (bicyclic) bond motifs is 1. The van der Waals surface area contributed by atoms with E-state index in [0.29, 0.717) is 25.7 Å². The lowest BCUT2D eigenvalue weighted by Crippen LogP contribution is -2.46. The number of nitrogens with one attached hydrogen (secondary N) is 1. The lowest BCUT2D eigenvalue weighted by molar-refractivity contribution is -0.146. The minimum Gasteiger partial charge on any atom is -0.299 e. The molecular weight excluding hydrogens is 492 g/mol. The monoisotopic (exact) mass is 525 g/mol. The highest BCUT2D eigenvalue weighted by Gasteiger charge is 2.54. The second kappa shape index (κ2) is 11.2. The van der Waals surface area contributed by atoms with E-state index in [1.54, 1.807) is 5.48 Å². The van der Waals surface area contributed by atoms with E-state index in [0.717, 1.165) is 24.1 Å². The lowest BCUT2D eigenvalue weighted by atomic mass is 9.65. The molecule has 1 amide bonds. The van der Waals surface area contributed by atoms with Gasteiger partial charge in [0.05, 0.1) is 11.8 Å². The fourth-order valence-corrected chi connectivity index (χ4v) is 6.55. The number of carbonyl (C=O) groups is 4. The minimum atomic E-state index is -1.21. The summed E-state index contributed by atoms with van der Waals surface area (Å²) in [5.74, 6) is -6.73. The summed E-state index contributed by atoms with van der Waals surface area (Å²) in [5, 5.41) is 9.59. The van der Waals surface area contributed by atoms with Crippen LogP contribution in [0, 0.1) is 40.7 Å². The summed E-state index contributed by atoms with van der Waals surface area (Å²) in [4.78, 5) is 52.8. The zero-order valence-electron chi connectivity index (χ0n) is 21.6. The smallest absolute Gasteiger partial charge is 0.247 e. The maximum Gasteiger partial charge on any atom is 0.247 e. The highest BCUT2D eigenvalue weighted by atomic mass is 19.2. The van der Waals surface area contributed by atoms with Crippen LogP contribution in [0.15, 0.2) is 42.5 Å². The van der Waals surface area contributed by atoms with Gasteiger partial charge in [-0.2, -0.15) is 0 Å². The maximum absolute atomic E-state index is 13.9. The third-order valence-corrected chi connectivity index (χ3v) is 8.26. The van der Waals surface area contributed by atoms with Gasteiger partial charge >= 0.3 is 0 Å². The standard InChI is InChI=1S/C30H33F2NO5/c1-17(2)16-30(13-12-19(28(30)36)9-8-18-6-4-3-5-7-18)23(29(37)33-38)11-10-20-26(34)21-14-24(31)25(32)15-22(21)27(20)35/h3-7,14-15,17,19-20,23,38H,8-13,16H2,1-2H3,(H,33,37). The van der Waals surface area contributed by atoms with Crippen LogP contribution in [-0.4, -0.2) is 28.5 Å². The van der Waals surface area contributed by atoms with E-state index in [2.05, 4.69) is 0 Å². The van der Waals surface area contributed by atoms with Gasteiger partial charge in [0.2, 0.25) is 5.91 Å². The van der Waals surface area contributed by atoms with Crippen molar-refractivity contribution in [3.8, 4) is 0 Å². The first-order valence-electron chi connectivity index (χ1n) is 13.2. The molecule has 3 atom stereocenters. The fraction of sp³-hybridized carbons (Fsp3) is 0.467. The van der Waals surface area contributed by atoms with Crippen molar-refractivity contribution < 1.29 is 33.2 Å². The molecule has 0 saturated heterocycles. The number of hydrogen-bond acceptors (Lipinski definition) is 5. The molecule has 6 nitrogen and oxygen atoms in total. The number of carbonyl (C=O) groups excluding carboxylic acids is 4. The molecule has 2 aliphatic rings. The zero-order chi connectivity index (χ0) is 27.6. The number of Topliss-reactive ketones (excluding diaryl/α,β-unsaturated/α-hetero) is 3. The molecule has 0 heterocycles. The molecule has 2 N–H and O–H groups in total. The van der Waals surface area contributed by atoms with Crippen LogP contribution in [0.5, 0.6) is 0 Å². The second-order valence-electron chi connectivity index (χ2n) is 11.1. The predicted molar refractivity (Wildman–Crippen MR) is 136 cm³/mol. The summed E-state index contributed by atoms with van der Waals surface area (Å²) in [6.07, 6.45) is 2.79. The number of benzene rings is 2. The summed E-state index contributed by atoms with van der Waals surface area (Å²) in [5.41, 5.74) is 1.44. The van der Waals surface area contributed by atoms with E-state index in [-0.39, 0.29) is 41.6 Å². The first-order chi connectivity index (χ1) is 18.1. The SMILES string of the molecule is CC(C)CC1(C(CCC2C(=O)c3cc(F)c(F)cc3C2=O)C(=O)NO)CCC(CCc2ccccc2)C1=O. The van der Waals surface area contributed by atoms with Crippen LogP contribution >= 0.6 is 0 Å². The largest absolute Gasteiger partial charge is 0.299 e. The number of ketones is 3. The Kier molecular flexibility index (Phi) is 8.21. The summed E-state index contributed by atoms with van der Waals surface area (Å²) >= 11 is 0. The van der Waals surface area contributed by atoms with Crippen LogP contribution in [0.25, 0.3) is 0 Å². The molecule has 2 aliphatic carbocycles. The average Bonchev–Trinajstić information content (AvgIpc) is 3.31. The normalized spacial score (nSPS) is 22.3. The molecule has 38 heavy (non-hydrogen) atoms. The van der Waals surface area contributed by atoms with Gasteiger partial charge in [0.25, 0.3) is 0 Å². The van der Waals surface area contributed by atoms with Crippen LogP contribution in [0.3, 0.4) is 0 Å². The predicted octanol–water partition coefficient (Wildman–Crippen LogP) is 5.51. The molecule has 2 aromatic rings. The molecule has 0 spiro atoms. The molecule has 2 aromatic carbocycles. The highest BCUT2D eigenvalue weighted by molar-refractivity contribution is 6.26. The topological polar surface area (TPSA) is 101 Å². The van der Waals surface area contributed by atoms with Crippen LogP contribution in [0.1, 0.15) is 78.7 Å². The number of amides is 1. The molecule has 3 unspecified atom stereocenters. The van der Waals surface area contributed by atoms with E-state index in [9.17, 15) is 33.2 Å². The number of hydroxylamine groups is 1. The van der Waals surface area contributed by atoms with Crippen molar-refractivity contribution in [2.24, 2.45) is 29.1 Å². The molecule has 8 heteroatoms. The van der Waals surface area contributed by atoms with E-state index >= 15 is 0 Å². The molecule has 202 valence electrons. The van der Waals surface area contributed by atoms with Gasteiger partial charge in [-0.3, -0.25) is 24.4 Å². The Labute approximate surface area is 220 Å². The van der Waals surface area contributed by atoms with E-state index < -0.39 is 46.4 Å². The van der Waals surface area contributed by atoms with E-state index in [4.69, 9.17) is 0 Å². The van der Waals surface area contributed by atoms with Crippen LogP contribution < -0.4 is 5.48 Å². The fourth-order valence-electron chi connectivity index (χ4n) is 6.55. The summed E-state index contributed by atoms with van der Waals surface area (Å²) in [6.45, 7) is 3.92. The Balaban J connectivity index is 1.56. The molecule has 4 rings (SSSR count).